The lowest BCUT2D eigenvalue weighted by atomic mass is 9.81. The number of β-amino-alcohol motifs (C(OH)–C–C–N with tert-alkyl or cyclic N) is 1. The van der Waals surface area contributed by atoms with Crippen molar-refractivity contribution < 1.29 is 23.1 Å². The Balaban J connectivity index is 2.52. The van der Waals surface area contributed by atoms with Crippen molar-refractivity contribution in [3.8, 4) is 0 Å². The molecule has 0 spiro atoms. The minimum absolute atomic E-state index is 0.0470. The number of carbonyl (C=O) groups is 1. The molecule has 0 radical (unpaired) electrons. The fraction of sp³-hybridized carbons (Fsp3) is 0.611. The van der Waals surface area contributed by atoms with E-state index in [1.165, 1.54) is 19.2 Å². The van der Waals surface area contributed by atoms with Crippen LogP contribution in [0.15, 0.2) is 18.2 Å². The Labute approximate surface area is 146 Å². The van der Waals surface area contributed by atoms with Crippen LogP contribution in [0, 0.1) is 5.92 Å². The van der Waals surface area contributed by atoms with E-state index in [9.17, 15) is 23.1 Å². The summed E-state index contributed by atoms with van der Waals surface area (Å²) in [6, 6.07) is 3.75. The molecular formula is C18H25F3N2O2. The first kappa shape index (κ1) is 19.7. The molecule has 1 aromatic rings. The van der Waals surface area contributed by atoms with Gasteiger partial charge in [-0.1, -0.05) is 19.9 Å². The maximum absolute atomic E-state index is 13.6. The van der Waals surface area contributed by atoms with Crippen LogP contribution in [-0.4, -0.2) is 48.7 Å². The van der Waals surface area contributed by atoms with Gasteiger partial charge in [-0.2, -0.15) is 13.2 Å². The number of carbonyl (C=O) groups excluding carboxylic acids is 1. The van der Waals surface area contributed by atoms with Crippen molar-refractivity contribution in [2.45, 2.75) is 38.5 Å². The van der Waals surface area contributed by atoms with E-state index in [1.807, 2.05) is 18.7 Å². The van der Waals surface area contributed by atoms with Crippen LogP contribution in [0.2, 0.25) is 0 Å². The molecule has 1 saturated heterocycles. The van der Waals surface area contributed by atoms with Crippen LogP contribution >= 0.6 is 0 Å². The highest BCUT2D eigenvalue weighted by Gasteiger charge is 2.39. The first-order chi connectivity index (χ1) is 11.6. The molecule has 0 aliphatic carbocycles. The first-order valence-corrected chi connectivity index (χ1v) is 8.47. The molecule has 1 aliphatic rings. The Morgan fingerprint density at radius 2 is 2.08 bits per heavy atom. The molecule has 2 atom stereocenters. The van der Waals surface area contributed by atoms with Crippen molar-refractivity contribution in [3.05, 3.63) is 34.9 Å². The SMILES string of the molecule is CNC(=O)c1cccc(C(F)(F)F)c1[C@@H](CN1CC[C@@H](O)C1)C(C)C. The van der Waals surface area contributed by atoms with Gasteiger partial charge in [-0.15, -0.1) is 0 Å². The Hall–Kier alpha value is -1.60. The smallest absolute Gasteiger partial charge is 0.392 e. The van der Waals surface area contributed by atoms with Crippen molar-refractivity contribution >= 4 is 5.91 Å². The van der Waals surface area contributed by atoms with Gasteiger partial charge in [-0.3, -0.25) is 4.79 Å². The molecule has 1 aliphatic heterocycles. The highest BCUT2D eigenvalue weighted by Crippen LogP contribution is 2.40. The van der Waals surface area contributed by atoms with Crippen molar-refractivity contribution in [1.82, 2.24) is 10.2 Å². The second-order valence-corrected chi connectivity index (χ2v) is 6.90. The Kier molecular flexibility index (Phi) is 6.11. The maximum Gasteiger partial charge on any atom is 0.416 e. The van der Waals surface area contributed by atoms with Gasteiger partial charge in [0, 0.05) is 38.2 Å². The number of nitrogens with one attached hydrogen (secondary N) is 1. The lowest BCUT2D eigenvalue weighted by Crippen LogP contribution is -2.33. The van der Waals surface area contributed by atoms with Crippen molar-refractivity contribution in [3.63, 3.8) is 0 Å². The molecule has 0 unspecified atom stereocenters. The monoisotopic (exact) mass is 358 g/mol. The van der Waals surface area contributed by atoms with Crippen LogP contribution in [0.3, 0.4) is 0 Å². The molecule has 1 aromatic carbocycles. The van der Waals surface area contributed by atoms with E-state index < -0.39 is 29.7 Å². The third-order valence-corrected chi connectivity index (χ3v) is 4.76. The van der Waals surface area contributed by atoms with Gasteiger partial charge >= 0.3 is 6.18 Å². The average Bonchev–Trinajstić information content (AvgIpc) is 2.95. The third kappa shape index (κ3) is 4.52. The van der Waals surface area contributed by atoms with Gasteiger partial charge in [0.15, 0.2) is 0 Å². The number of aliphatic hydroxyl groups excluding tert-OH is 1. The second-order valence-electron chi connectivity index (χ2n) is 6.90. The number of benzene rings is 1. The Morgan fingerprint density at radius 3 is 2.56 bits per heavy atom. The summed E-state index contributed by atoms with van der Waals surface area (Å²) in [5, 5.41) is 12.1. The van der Waals surface area contributed by atoms with Crippen LogP contribution in [0.1, 0.15) is 47.7 Å². The number of alkyl halides is 3. The van der Waals surface area contributed by atoms with E-state index >= 15 is 0 Å². The minimum Gasteiger partial charge on any atom is -0.392 e. The number of halogens is 3. The molecule has 2 N–H and O–H groups in total. The van der Waals surface area contributed by atoms with Crippen LogP contribution in [0.4, 0.5) is 13.2 Å². The first-order valence-electron chi connectivity index (χ1n) is 8.47. The second kappa shape index (κ2) is 7.74. The molecule has 25 heavy (non-hydrogen) atoms. The van der Waals surface area contributed by atoms with Gasteiger partial charge in [0.05, 0.1) is 11.7 Å². The summed E-state index contributed by atoms with van der Waals surface area (Å²) in [5.41, 5.74) is -0.645. The van der Waals surface area contributed by atoms with Gasteiger partial charge in [0.25, 0.3) is 5.91 Å². The van der Waals surface area contributed by atoms with E-state index in [4.69, 9.17) is 0 Å². The Morgan fingerprint density at radius 1 is 1.40 bits per heavy atom. The number of amides is 1. The number of rotatable bonds is 5. The molecule has 1 amide bonds. The minimum atomic E-state index is -4.53. The topological polar surface area (TPSA) is 52.6 Å². The van der Waals surface area contributed by atoms with E-state index in [2.05, 4.69) is 5.32 Å². The normalized spacial score (nSPS) is 20.1. The number of hydrogen-bond acceptors (Lipinski definition) is 3. The zero-order valence-corrected chi connectivity index (χ0v) is 14.7. The molecule has 0 aromatic heterocycles. The zero-order chi connectivity index (χ0) is 18.8. The molecular weight excluding hydrogens is 333 g/mol. The summed E-state index contributed by atoms with van der Waals surface area (Å²) in [7, 11) is 1.41. The predicted molar refractivity (Wildman–Crippen MR) is 89.5 cm³/mol. The fourth-order valence-corrected chi connectivity index (χ4v) is 3.44. The van der Waals surface area contributed by atoms with Crippen molar-refractivity contribution in [2.75, 3.05) is 26.7 Å². The summed E-state index contributed by atoms with van der Waals surface area (Å²) in [5.74, 6) is -1.08. The molecule has 7 heteroatoms. The highest BCUT2D eigenvalue weighted by molar-refractivity contribution is 5.96. The quantitative estimate of drug-likeness (QED) is 0.851. The van der Waals surface area contributed by atoms with Crippen LogP contribution < -0.4 is 5.32 Å². The van der Waals surface area contributed by atoms with Gasteiger partial charge in [-0.05, 0) is 30.0 Å². The Bertz CT molecular complexity index is 617. The standard InChI is InChI=1S/C18H25F3N2O2/c1-11(2)14(10-23-8-7-12(24)9-23)16-13(17(25)22-3)5-4-6-15(16)18(19,20)21/h4-6,11-12,14,24H,7-10H2,1-3H3,(H,22,25)/t12-,14+/m1/s1. The predicted octanol–water partition coefficient (Wildman–Crippen LogP) is 2.87. The highest BCUT2D eigenvalue weighted by atomic mass is 19.4. The molecule has 1 fully saturated rings. The molecule has 2 rings (SSSR count). The van der Waals surface area contributed by atoms with Gasteiger partial charge in [-0.25, -0.2) is 0 Å². The van der Waals surface area contributed by atoms with E-state index in [0.29, 0.717) is 26.1 Å². The van der Waals surface area contributed by atoms with E-state index in [-0.39, 0.29) is 17.0 Å². The maximum atomic E-state index is 13.6. The average molecular weight is 358 g/mol. The van der Waals surface area contributed by atoms with Crippen LogP contribution in [0.25, 0.3) is 0 Å². The van der Waals surface area contributed by atoms with Gasteiger partial charge < -0.3 is 15.3 Å². The third-order valence-electron chi connectivity index (χ3n) is 4.76. The summed E-state index contributed by atoms with van der Waals surface area (Å²) in [4.78, 5) is 14.2. The number of hydrogen-bond donors (Lipinski definition) is 2. The fourth-order valence-electron chi connectivity index (χ4n) is 3.44. The van der Waals surface area contributed by atoms with Crippen molar-refractivity contribution in [2.24, 2.45) is 5.92 Å². The van der Waals surface area contributed by atoms with Gasteiger partial charge in [0.2, 0.25) is 0 Å². The van der Waals surface area contributed by atoms with Crippen LogP contribution in [0.5, 0.6) is 0 Å². The van der Waals surface area contributed by atoms with Crippen LogP contribution in [-0.2, 0) is 6.18 Å². The zero-order valence-electron chi connectivity index (χ0n) is 14.7. The van der Waals surface area contributed by atoms with E-state index in [0.717, 1.165) is 6.07 Å². The number of likely N-dealkylation sites (tertiary alicyclic amines) is 1. The molecule has 0 saturated carbocycles. The molecule has 4 nitrogen and oxygen atoms in total. The number of nitrogens with zero attached hydrogens (tertiary/aromatic N) is 1. The summed E-state index contributed by atoms with van der Waals surface area (Å²) in [6.07, 6.45) is -4.35. The molecule has 0 bridgehead atoms. The molecule has 1 heterocycles. The van der Waals surface area contributed by atoms with Crippen molar-refractivity contribution in [1.29, 1.82) is 0 Å². The summed E-state index contributed by atoms with van der Waals surface area (Å²) < 4.78 is 40.8. The summed E-state index contributed by atoms with van der Waals surface area (Å²) in [6.45, 7) is 5.20. The van der Waals surface area contributed by atoms with Gasteiger partial charge in [0.1, 0.15) is 0 Å². The lowest BCUT2D eigenvalue weighted by molar-refractivity contribution is -0.138. The lowest BCUT2D eigenvalue weighted by Gasteiger charge is -2.30. The van der Waals surface area contributed by atoms with E-state index in [1.54, 1.807) is 0 Å². The molecule has 140 valence electrons. The number of aliphatic hydroxyl groups is 1. The largest absolute Gasteiger partial charge is 0.416 e. The summed E-state index contributed by atoms with van der Waals surface area (Å²) >= 11 is 0.